The first-order valence-electron chi connectivity index (χ1n) is 6.23. The molecule has 3 heteroatoms. The minimum atomic E-state index is 0.203. The predicted octanol–water partition coefficient (Wildman–Crippen LogP) is 2.18. The Morgan fingerprint density at radius 1 is 1.31 bits per heavy atom. The number of rotatable bonds is 1. The van der Waals surface area contributed by atoms with Crippen molar-refractivity contribution in [2.45, 2.75) is 44.9 Å². The highest BCUT2D eigenvalue weighted by atomic mass is 15.3. The Morgan fingerprint density at radius 3 is 2.50 bits per heavy atom. The normalized spacial score (nSPS) is 19.0. The van der Waals surface area contributed by atoms with Gasteiger partial charge in [0.1, 0.15) is 0 Å². The first kappa shape index (κ1) is 11.6. The fraction of sp³-hybridized carbons (Fsp3) is 0.769. The lowest BCUT2D eigenvalue weighted by Gasteiger charge is -2.27. The van der Waals surface area contributed by atoms with Crippen LogP contribution in [0.3, 0.4) is 0 Å². The Kier molecular flexibility index (Phi) is 3.06. The fourth-order valence-electron chi connectivity index (χ4n) is 2.60. The fourth-order valence-corrected chi connectivity index (χ4v) is 2.60. The van der Waals surface area contributed by atoms with Gasteiger partial charge < -0.3 is 5.32 Å². The van der Waals surface area contributed by atoms with E-state index in [-0.39, 0.29) is 5.41 Å². The Labute approximate surface area is 98.2 Å². The van der Waals surface area contributed by atoms with E-state index in [1.807, 2.05) is 0 Å². The second-order valence-corrected chi connectivity index (χ2v) is 5.84. The highest BCUT2D eigenvalue weighted by Crippen LogP contribution is 2.34. The van der Waals surface area contributed by atoms with Gasteiger partial charge in [-0.15, -0.1) is 0 Å². The van der Waals surface area contributed by atoms with Crippen molar-refractivity contribution in [3.63, 3.8) is 0 Å². The van der Waals surface area contributed by atoms with Crippen LogP contribution in [0.4, 0.5) is 0 Å². The summed E-state index contributed by atoms with van der Waals surface area (Å²) >= 11 is 0. The Morgan fingerprint density at radius 2 is 1.94 bits per heavy atom. The Bertz CT molecular complexity index is 354. The summed E-state index contributed by atoms with van der Waals surface area (Å²) in [7, 11) is 2.08. The maximum Gasteiger partial charge on any atom is 0.0530 e. The third-order valence-electron chi connectivity index (χ3n) is 3.52. The molecule has 16 heavy (non-hydrogen) atoms. The third-order valence-corrected chi connectivity index (χ3v) is 3.52. The Balaban J connectivity index is 2.34. The van der Waals surface area contributed by atoms with Crippen LogP contribution in [0.25, 0.3) is 0 Å². The Hall–Kier alpha value is -0.830. The number of hydrogen-bond donors (Lipinski definition) is 1. The minimum absolute atomic E-state index is 0.203. The van der Waals surface area contributed by atoms with E-state index < -0.39 is 0 Å². The average Bonchev–Trinajstić information content (AvgIpc) is 2.61. The summed E-state index contributed by atoms with van der Waals surface area (Å²) in [5.41, 5.74) is 3.07. The summed E-state index contributed by atoms with van der Waals surface area (Å²) < 4.78 is 2.08. The van der Waals surface area contributed by atoms with Crippen molar-refractivity contribution in [2.24, 2.45) is 7.05 Å². The van der Waals surface area contributed by atoms with Crippen LogP contribution in [0.1, 0.15) is 50.8 Å². The summed E-state index contributed by atoms with van der Waals surface area (Å²) in [6.07, 6.45) is 4.53. The molecule has 0 bridgehead atoms. The molecule has 1 aromatic heterocycles. The van der Waals surface area contributed by atoms with Gasteiger partial charge in [0.05, 0.1) is 6.20 Å². The van der Waals surface area contributed by atoms with Gasteiger partial charge in [0, 0.05) is 18.7 Å². The molecule has 0 unspecified atom stereocenters. The summed E-state index contributed by atoms with van der Waals surface area (Å²) in [4.78, 5) is 0. The molecular weight excluding hydrogens is 198 g/mol. The molecule has 1 saturated heterocycles. The van der Waals surface area contributed by atoms with Gasteiger partial charge in [0.15, 0.2) is 0 Å². The summed E-state index contributed by atoms with van der Waals surface area (Å²) in [6, 6.07) is 0. The van der Waals surface area contributed by atoms with E-state index in [0.29, 0.717) is 5.92 Å². The number of aromatic nitrogens is 2. The first-order valence-corrected chi connectivity index (χ1v) is 6.23. The number of nitrogens with zero attached hydrogens (tertiary/aromatic N) is 2. The van der Waals surface area contributed by atoms with Gasteiger partial charge in [0.2, 0.25) is 0 Å². The summed E-state index contributed by atoms with van der Waals surface area (Å²) in [5, 5.41) is 7.88. The molecule has 1 fully saturated rings. The molecule has 0 spiro atoms. The van der Waals surface area contributed by atoms with E-state index in [0.717, 1.165) is 13.1 Å². The predicted molar refractivity (Wildman–Crippen MR) is 66.8 cm³/mol. The van der Waals surface area contributed by atoms with Gasteiger partial charge in [-0.3, -0.25) is 4.68 Å². The van der Waals surface area contributed by atoms with Gasteiger partial charge in [-0.05, 0) is 36.9 Å². The number of piperidine rings is 1. The third kappa shape index (κ3) is 2.14. The maximum atomic E-state index is 4.45. The lowest BCUT2D eigenvalue weighted by atomic mass is 9.82. The molecule has 1 aliphatic rings. The van der Waals surface area contributed by atoms with Crippen LogP contribution in [0.5, 0.6) is 0 Å². The van der Waals surface area contributed by atoms with Gasteiger partial charge in [-0.1, -0.05) is 20.8 Å². The van der Waals surface area contributed by atoms with Crippen molar-refractivity contribution in [3.8, 4) is 0 Å². The molecule has 1 N–H and O–H groups in total. The lowest BCUT2D eigenvalue weighted by Crippen LogP contribution is -2.29. The van der Waals surface area contributed by atoms with Gasteiger partial charge in [0.25, 0.3) is 0 Å². The maximum absolute atomic E-state index is 4.45. The smallest absolute Gasteiger partial charge is 0.0530 e. The molecule has 0 saturated carbocycles. The quantitative estimate of drug-likeness (QED) is 0.788. The molecule has 2 rings (SSSR count). The molecule has 3 nitrogen and oxygen atoms in total. The van der Waals surface area contributed by atoms with Gasteiger partial charge >= 0.3 is 0 Å². The van der Waals surface area contributed by atoms with E-state index >= 15 is 0 Å². The van der Waals surface area contributed by atoms with Crippen molar-refractivity contribution in [1.82, 2.24) is 15.1 Å². The molecule has 1 aliphatic heterocycles. The zero-order valence-electron chi connectivity index (χ0n) is 10.9. The largest absolute Gasteiger partial charge is 0.317 e. The van der Waals surface area contributed by atoms with Crippen LogP contribution >= 0.6 is 0 Å². The van der Waals surface area contributed by atoms with Crippen LogP contribution in [-0.2, 0) is 12.5 Å². The number of hydrogen-bond acceptors (Lipinski definition) is 2. The van der Waals surface area contributed by atoms with Crippen molar-refractivity contribution in [1.29, 1.82) is 0 Å². The van der Waals surface area contributed by atoms with Crippen LogP contribution in [-0.4, -0.2) is 22.9 Å². The van der Waals surface area contributed by atoms with E-state index in [4.69, 9.17) is 0 Å². The molecule has 0 aromatic carbocycles. The molecular formula is C13H23N3. The van der Waals surface area contributed by atoms with Crippen molar-refractivity contribution in [3.05, 3.63) is 17.5 Å². The van der Waals surface area contributed by atoms with E-state index in [1.54, 1.807) is 0 Å². The molecule has 0 radical (unpaired) electrons. The monoisotopic (exact) mass is 221 g/mol. The summed E-state index contributed by atoms with van der Waals surface area (Å²) in [6.45, 7) is 9.09. The zero-order valence-corrected chi connectivity index (χ0v) is 10.9. The highest BCUT2D eigenvalue weighted by Gasteiger charge is 2.27. The number of aryl methyl sites for hydroxylation is 1. The molecule has 0 amide bonds. The topological polar surface area (TPSA) is 29.9 Å². The molecule has 2 heterocycles. The van der Waals surface area contributed by atoms with Gasteiger partial charge in [-0.2, -0.15) is 5.10 Å². The van der Waals surface area contributed by atoms with Crippen LogP contribution in [0.15, 0.2) is 6.20 Å². The lowest BCUT2D eigenvalue weighted by molar-refractivity contribution is 0.430. The van der Waals surface area contributed by atoms with Crippen molar-refractivity contribution < 1.29 is 0 Å². The van der Waals surface area contributed by atoms with Crippen molar-refractivity contribution in [2.75, 3.05) is 13.1 Å². The molecule has 0 atom stereocenters. The van der Waals surface area contributed by atoms with Crippen molar-refractivity contribution >= 4 is 0 Å². The average molecular weight is 221 g/mol. The molecule has 90 valence electrons. The second kappa shape index (κ2) is 4.21. The minimum Gasteiger partial charge on any atom is -0.317 e. The molecule has 0 aliphatic carbocycles. The SMILES string of the molecule is Cn1ncc(C(C)(C)C)c1C1CCNCC1. The first-order chi connectivity index (χ1) is 7.50. The van der Waals surface area contributed by atoms with Crippen LogP contribution in [0, 0.1) is 0 Å². The highest BCUT2D eigenvalue weighted by molar-refractivity contribution is 5.29. The zero-order chi connectivity index (χ0) is 11.8. The van der Waals surface area contributed by atoms with Crippen LogP contribution in [0.2, 0.25) is 0 Å². The molecule has 1 aromatic rings. The summed E-state index contributed by atoms with van der Waals surface area (Å²) in [5.74, 6) is 0.683. The van der Waals surface area contributed by atoms with E-state index in [2.05, 4.69) is 49.1 Å². The van der Waals surface area contributed by atoms with Gasteiger partial charge in [-0.25, -0.2) is 0 Å². The van der Waals surface area contributed by atoms with E-state index in [9.17, 15) is 0 Å². The second-order valence-electron chi connectivity index (χ2n) is 5.84. The standard InChI is InChI=1S/C13H23N3/c1-13(2,3)11-9-15-16(4)12(11)10-5-7-14-8-6-10/h9-10,14H,5-8H2,1-4H3. The van der Waals surface area contributed by atoms with Crippen LogP contribution < -0.4 is 5.32 Å². The number of nitrogens with one attached hydrogen (secondary N) is 1. The van der Waals surface area contributed by atoms with E-state index in [1.165, 1.54) is 24.1 Å².